The van der Waals surface area contributed by atoms with E-state index in [0.717, 1.165) is 28.2 Å². The zero-order valence-electron chi connectivity index (χ0n) is 19.1. The van der Waals surface area contributed by atoms with Crippen LogP contribution in [0.15, 0.2) is 78.9 Å². The average molecular weight is 451 g/mol. The quantitative estimate of drug-likeness (QED) is 0.501. The van der Waals surface area contributed by atoms with Crippen molar-refractivity contribution >= 4 is 0 Å². The van der Waals surface area contributed by atoms with Crippen LogP contribution in [-0.4, -0.2) is 58.0 Å². The van der Waals surface area contributed by atoms with Crippen LogP contribution in [0.4, 0.5) is 0 Å². The van der Waals surface area contributed by atoms with Gasteiger partial charge < -0.3 is 28.8 Å². The van der Waals surface area contributed by atoms with Gasteiger partial charge in [-0.3, -0.25) is 0 Å². The van der Waals surface area contributed by atoms with E-state index < -0.39 is 17.8 Å². The number of hydrogen-bond acceptors (Lipinski definition) is 6. The standard InChI is InChI=1S/C27H30O6/c1-29-22-13-9-20(10-14-22)27(19-7-5-4-6-8-19,21-11-15-23(30-2)16-12-21)33-18-25-26(28)24(31-3)17-32-25/h4-16,24-26,28H,17-18H2,1-3H3/t24-,25+,26-/m0/s1. The highest BCUT2D eigenvalue weighted by atomic mass is 16.6. The first kappa shape index (κ1) is 23.3. The molecule has 0 spiro atoms. The molecule has 0 saturated carbocycles. The van der Waals surface area contributed by atoms with E-state index >= 15 is 0 Å². The van der Waals surface area contributed by atoms with Crippen molar-refractivity contribution in [2.24, 2.45) is 0 Å². The molecule has 1 heterocycles. The monoisotopic (exact) mass is 450 g/mol. The van der Waals surface area contributed by atoms with Crippen LogP contribution in [0.1, 0.15) is 16.7 Å². The van der Waals surface area contributed by atoms with Gasteiger partial charge in [0, 0.05) is 7.11 Å². The lowest BCUT2D eigenvalue weighted by Crippen LogP contribution is -2.39. The van der Waals surface area contributed by atoms with E-state index in [9.17, 15) is 5.11 Å². The van der Waals surface area contributed by atoms with Crippen molar-refractivity contribution in [3.8, 4) is 11.5 Å². The van der Waals surface area contributed by atoms with Gasteiger partial charge in [0.1, 0.15) is 35.4 Å². The molecule has 3 atom stereocenters. The Morgan fingerprint density at radius 1 is 0.788 bits per heavy atom. The molecule has 4 rings (SSSR count). The molecule has 1 aliphatic heterocycles. The minimum atomic E-state index is -0.950. The van der Waals surface area contributed by atoms with Crippen molar-refractivity contribution in [1.29, 1.82) is 0 Å². The maximum absolute atomic E-state index is 10.6. The molecule has 0 unspecified atom stereocenters. The summed E-state index contributed by atoms with van der Waals surface area (Å²) in [6.45, 7) is 0.503. The highest BCUT2D eigenvalue weighted by Gasteiger charge is 2.42. The average Bonchev–Trinajstić information content (AvgIpc) is 3.25. The molecule has 0 aromatic heterocycles. The lowest BCUT2D eigenvalue weighted by molar-refractivity contribution is -0.0738. The fourth-order valence-electron chi connectivity index (χ4n) is 4.29. The van der Waals surface area contributed by atoms with E-state index in [-0.39, 0.29) is 12.7 Å². The molecule has 174 valence electrons. The summed E-state index contributed by atoms with van der Waals surface area (Å²) in [7, 11) is 4.86. The molecule has 0 bridgehead atoms. The molecular formula is C27H30O6. The number of benzene rings is 3. The summed E-state index contributed by atoms with van der Waals surface area (Å²) in [5.41, 5.74) is 1.86. The Bertz CT molecular complexity index is 956. The van der Waals surface area contributed by atoms with Crippen LogP contribution in [0.25, 0.3) is 0 Å². The summed E-state index contributed by atoms with van der Waals surface area (Å²) in [4.78, 5) is 0. The Morgan fingerprint density at radius 2 is 1.30 bits per heavy atom. The summed E-state index contributed by atoms with van der Waals surface area (Å²) in [5, 5.41) is 10.6. The normalized spacial score (nSPS) is 20.5. The zero-order chi connectivity index (χ0) is 23.3. The van der Waals surface area contributed by atoms with Crippen molar-refractivity contribution < 1.29 is 28.8 Å². The van der Waals surface area contributed by atoms with Crippen LogP contribution < -0.4 is 9.47 Å². The fraction of sp³-hybridized carbons (Fsp3) is 0.333. The van der Waals surface area contributed by atoms with Gasteiger partial charge in [-0.1, -0.05) is 54.6 Å². The van der Waals surface area contributed by atoms with Gasteiger partial charge in [0.2, 0.25) is 0 Å². The third-order valence-corrected chi connectivity index (χ3v) is 6.18. The summed E-state index contributed by atoms with van der Waals surface area (Å²) in [6, 6.07) is 25.7. The predicted octanol–water partition coefficient (Wildman–Crippen LogP) is 3.79. The first-order valence-corrected chi connectivity index (χ1v) is 10.9. The van der Waals surface area contributed by atoms with Gasteiger partial charge in [0.05, 0.1) is 27.4 Å². The molecule has 1 saturated heterocycles. The van der Waals surface area contributed by atoms with Crippen molar-refractivity contribution in [2.75, 3.05) is 34.5 Å². The summed E-state index contributed by atoms with van der Waals surface area (Å²) < 4.78 is 28.7. The Kier molecular flexibility index (Phi) is 7.30. The second-order valence-corrected chi connectivity index (χ2v) is 7.95. The zero-order valence-corrected chi connectivity index (χ0v) is 19.1. The van der Waals surface area contributed by atoms with E-state index in [1.807, 2.05) is 78.9 Å². The molecule has 6 heteroatoms. The topological polar surface area (TPSA) is 66.4 Å². The third-order valence-electron chi connectivity index (χ3n) is 6.18. The third kappa shape index (κ3) is 4.61. The molecule has 1 N–H and O–H groups in total. The molecule has 6 nitrogen and oxygen atoms in total. The maximum Gasteiger partial charge on any atom is 0.143 e. The van der Waals surface area contributed by atoms with Gasteiger partial charge in [0.25, 0.3) is 0 Å². The van der Waals surface area contributed by atoms with Crippen LogP contribution in [-0.2, 0) is 19.8 Å². The number of methoxy groups -OCH3 is 3. The molecule has 0 aliphatic carbocycles. The molecule has 33 heavy (non-hydrogen) atoms. The molecule has 1 fully saturated rings. The first-order valence-electron chi connectivity index (χ1n) is 10.9. The number of ether oxygens (including phenoxy) is 5. The van der Waals surface area contributed by atoms with Crippen LogP contribution in [0, 0.1) is 0 Å². The largest absolute Gasteiger partial charge is 0.497 e. The minimum absolute atomic E-state index is 0.175. The summed E-state index contributed by atoms with van der Waals surface area (Å²) >= 11 is 0. The lowest BCUT2D eigenvalue weighted by atomic mass is 9.80. The van der Waals surface area contributed by atoms with Crippen LogP contribution >= 0.6 is 0 Å². The van der Waals surface area contributed by atoms with Crippen molar-refractivity contribution in [2.45, 2.75) is 23.9 Å². The molecule has 0 amide bonds. The van der Waals surface area contributed by atoms with Gasteiger partial charge >= 0.3 is 0 Å². The van der Waals surface area contributed by atoms with Crippen molar-refractivity contribution in [3.63, 3.8) is 0 Å². The van der Waals surface area contributed by atoms with E-state index in [1.165, 1.54) is 0 Å². The highest BCUT2D eigenvalue weighted by molar-refractivity contribution is 5.49. The molecule has 3 aromatic rings. The molecule has 1 aliphatic rings. The number of rotatable bonds is 9. The second-order valence-electron chi connectivity index (χ2n) is 7.95. The Hall–Kier alpha value is -2.90. The van der Waals surface area contributed by atoms with E-state index in [0.29, 0.717) is 6.61 Å². The molecule has 3 aromatic carbocycles. The summed E-state index contributed by atoms with van der Waals surface area (Å²) in [5.74, 6) is 1.51. The maximum atomic E-state index is 10.6. The Labute approximate surface area is 194 Å². The highest BCUT2D eigenvalue weighted by Crippen LogP contribution is 2.42. The Balaban J connectivity index is 1.81. The SMILES string of the molecule is COc1ccc(C(OC[C@H]2OC[C@H](OC)[C@@H]2O)(c2ccccc2)c2ccc(OC)cc2)cc1. The van der Waals surface area contributed by atoms with Crippen LogP contribution in [0.2, 0.25) is 0 Å². The predicted molar refractivity (Wildman–Crippen MR) is 125 cm³/mol. The van der Waals surface area contributed by atoms with Gasteiger partial charge in [-0.15, -0.1) is 0 Å². The van der Waals surface area contributed by atoms with Gasteiger partial charge in [-0.05, 0) is 41.0 Å². The Morgan fingerprint density at radius 3 is 1.76 bits per heavy atom. The van der Waals surface area contributed by atoms with Gasteiger partial charge in [-0.2, -0.15) is 0 Å². The molecular weight excluding hydrogens is 420 g/mol. The van der Waals surface area contributed by atoms with E-state index in [2.05, 4.69) is 0 Å². The number of aliphatic hydroxyl groups is 1. The van der Waals surface area contributed by atoms with Crippen LogP contribution in [0.3, 0.4) is 0 Å². The summed E-state index contributed by atoms with van der Waals surface area (Å²) in [6.07, 6.45) is -1.64. The van der Waals surface area contributed by atoms with Crippen LogP contribution in [0.5, 0.6) is 11.5 Å². The smallest absolute Gasteiger partial charge is 0.143 e. The van der Waals surface area contributed by atoms with Gasteiger partial charge in [0.15, 0.2) is 0 Å². The van der Waals surface area contributed by atoms with Crippen molar-refractivity contribution in [3.05, 3.63) is 95.6 Å². The lowest BCUT2D eigenvalue weighted by Gasteiger charge is -2.37. The minimum Gasteiger partial charge on any atom is -0.497 e. The van der Waals surface area contributed by atoms with Gasteiger partial charge in [-0.25, -0.2) is 0 Å². The fourth-order valence-corrected chi connectivity index (χ4v) is 4.29. The second kappa shape index (κ2) is 10.4. The van der Waals surface area contributed by atoms with Crippen molar-refractivity contribution in [1.82, 2.24) is 0 Å². The van der Waals surface area contributed by atoms with E-state index in [4.69, 9.17) is 23.7 Å². The number of hydrogen-bond donors (Lipinski definition) is 1. The first-order chi connectivity index (χ1) is 16.1. The molecule has 0 radical (unpaired) electrons. The number of aliphatic hydroxyl groups excluding tert-OH is 1. The van der Waals surface area contributed by atoms with E-state index in [1.54, 1.807) is 21.3 Å².